The number of hydrogen-bond donors (Lipinski definition) is 1. The summed E-state index contributed by atoms with van der Waals surface area (Å²) in [6.45, 7) is 10.6. The Morgan fingerprint density at radius 3 is 2.50 bits per heavy atom. The normalized spacial score (nSPS) is 16.5. The van der Waals surface area contributed by atoms with Crippen LogP contribution in [0.1, 0.15) is 50.9 Å². The van der Waals surface area contributed by atoms with Crippen LogP contribution in [-0.4, -0.2) is 29.6 Å². The highest BCUT2D eigenvalue weighted by molar-refractivity contribution is 5.32. The molecule has 1 N–H and O–H groups in total. The average Bonchev–Trinajstić information content (AvgIpc) is 2.66. The minimum Gasteiger partial charge on any atom is -0.341 e. The summed E-state index contributed by atoms with van der Waals surface area (Å²) in [7, 11) is 0. The summed E-state index contributed by atoms with van der Waals surface area (Å²) in [5, 5.41) is 3.46. The van der Waals surface area contributed by atoms with Gasteiger partial charge in [-0.3, -0.25) is 0 Å². The van der Waals surface area contributed by atoms with Crippen LogP contribution in [-0.2, 0) is 6.54 Å². The van der Waals surface area contributed by atoms with Crippen LogP contribution in [0.15, 0.2) is 6.07 Å². The minimum atomic E-state index is 0.669. The zero-order valence-electron chi connectivity index (χ0n) is 13.2. The van der Waals surface area contributed by atoms with Gasteiger partial charge in [0.1, 0.15) is 0 Å². The Hall–Kier alpha value is -1.16. The summed E-state index contributed by atoms with van der Waals surface area (Å²) < 4.78 is 0. The topological polar surface area (TPSA) is 41.1 Å². The lowest BCUT2D eigenvalue weighted by atomic mass is 10.2. The molecule has 0 aliphatic carbocycles. The molecule has 4 heteroatoms. The molecule has 1 aliphatic rings. The lowest BCUT2D eigenvalue weighted by Gasteiger charge is -2.21. The van der Waals surface area contributed by atoms with Gasteiger partial charge in [-0.05, 0) is 38.3 Å². The van der Waals surface area contributed by atoms with Crippen molar-refractivity contribution in [2.45, 2.75) is 53.0 Å². The summed E-state index contributed by atoms with van der Waals surface area (Å²) >= 11 is 0. The molecule has 0 unspecified atom stereocenters. The van der Waals surface area contributed by atoms with E-state index in [0.717, 1.165) is 43.5 Å². The van der Waals surface area contributed by atoms with Crippen molar-refractivity contribution in [3.8, 4) is 0 Å². The molecule has 0 atom stereocenters. The average molecular weight is 276 g/mol. The highest BCUT2D eigenvalue weighted by atomic mass is 15.2. The molecular formula is C16H28N4. The van der Waals surface area contributed by atoms with E-state index in [2.05, 4.69) is 42.0 Å². The molecular weight excluding hydrogens is 248 g/mol. The van der Waals surface area contributed by atoms with Gasteiger partial charge in [0.05, 0.1) is 5.69 Å². The van der Waals surface area contributed by atoms with Crippen molar-refractivity contribution in [3.63, 3.8) is 0 Å². The molecule has 0 bridgehead atoms. The Labute approximate surface area is 123 Å². The van der Waals surface area contributed by atoms with Gasteiger partial charge in [0.25, 0.3) is 0 Å². The van der Waals surface area contributed by atoms with Gasteiger partial charge in [0.2, 0.25) is 5.95 Å². The fourth-order valence-corrected chi connectivity index (χ4v) is 2.61. The molecule has 1 aromatic rings. The van der Waals surface area contributed by atoms with Crippen molar-refractivity contribution in [2.75, 3.05) is 24.5 Å². The first-order valence-corrected chi connectivity index (χ1v) is 7.95. The van der Waals surface area contributed by atoms with Gasteiger partial charge in [0.15, 0.2) is 0 Å². The lowest BCUT2D eigenvalue weighted by Crippen LogP contribution is -2.27. The van der Waals surface area contributed by atoms with E-state index in [1.807, 2.05) is 0 Å². The van der Waals surface area contributed by atoms with Gasteiger partial charge < -0.3 is 10.2 Å². The molecule has 1 aliphatic heterocycles. The molecule has 20 heavy (non-hydrogen) atoms. The highest BCUT2D eigenvalue weighted by Gasteiger charge is 2.13. The third kappa shape index (κ3) is 4.75. The van der Waals surface area contributed by atoms with Crippen molar-refractivity contribution in [1.29, 1.82) is 0 Å². The number of nitrogens with one attached hydrogen (secondary N) is 1. The van der Waals surface area contributed by atoms with E-state index in [1.165, 1.54) is 25.7 Å². The Morgan fingerprint density at radius 2 is 1.85 bits per heavy atom. The smallest absolute Gasteiger partial charge is 0.225 e. The molecule has 4 nitrogen and oxygen atoms in total. The molecule has 0 saturated carbocycles. The van der Waals surface area contributed by atoms with E-state index in [9.17, 15) is 0 Å². The maximum atomic E-state index is 4.75. The number of rotatable bonds is 5. The van der Waals surface area contributed by atoms with Crippen LogP contribution in [0.5, 0.6) is 0 Å². The molecule has 0 spiro atoms. The molecule has 1 saturated heterocycles. The predicted molar refractivity (Wildman–Crippen MR) is 84.0 cm³/mol. The first-order chi connectivity index (χ1) is 9.65. The van der Waals surface area contributed by atoms with E-state index in [1.54, 1.807) is 0 Å². The summed E-state index contributed by atoms with van der Waals surface area (Å²) in [6.07, 6.45) is 5.20. The van der Waals surface area contributed by atoms with Crippen LogP contribution in [0.2, 0.25) is 0 Å². The SMILES string of the molecule is Cc1cc(CNCC(C)C)nc(N2CCCCCC2)n1. The Kier molecular flexibility index (Phi) is 5.77. The number of nitrogens with zero attached hydrogens (tertiary/aromatic N) is 3. The minimum absolute atomic E-state index is 0.669. The van der Waals surface area contributed by atoms with Gasteiger partial charge in [-0.2, -0.15) is 0 Å². The molecule has 2 rings (SSSR count). The maximum Gasteiger partial charge on any atom is 0.225 e. The molecule has 112 valence electrons. The largest absolute Gasteiger partial charge is 0.341 e. The second-order valence-electron chi connectivity index (χ2n) is 6.23. The Bertz CT molecular complexity index is 409. The molecule has 0 amide bonds. The third-order valence-electron chi connectivity index (χ3n) is 3.64. The third-order valence-corrected chi connectivity index (χ3v) is 3.64. The van der Waals surface area contributed by atoms with Crippen molar-refractivity contribution in [2.24, 2.45) is 5.92 Å². The zero-order valence-corrected chi connectivity index (χ0v) is 13.2. The number of aryl methyl sites for hydroxylation is 1. The molecule has 0 radical (unpaired) electrons. The maximum absolute atomic E-state index is 4.75. The van der Waals surface area contributed by atoms with E-state index in [-0.39, 0.29) is 0 Å². The monoisotopic (exact) mass is 276 g/mol. The highest BCUT2D eigenvalue weighted by Crippen LogP contribution is 2.16. The quantitative estimate of drug-likeness (QED) is 0.898. The first-order valence-electron chi connectivity index (χ1n) is 7.95. The lowest BCUT2D eigenvalue weighted by molar-refractivity contribution is 0.547. The van der Waals surface area contributed by atoms with Gasteiger partial charge in [-0.15, -0.1) is 0 Å². The Morgan fingerprint density at radius 1 is 1.15 bits per heavy atom. The van der Waals surface area contributed by atoms with Crippen molar-refractivity contribution >= 4 is 5.95 Å². The van der Waals surface area contributed by atoms with E-state index < -0.39 is 0 Å². The number of aromatic nitrogens is 2. The van der Waals surface area contributed by atoms with Gasteiger partial charge in [-0.25, -0.2) is 9.97 Å². The number of hydrogen-bond acceptors (Lipinski definition) is 4. The first kappa shape index (κ1) is 15.2. The van der Waals surface area contributed by atoms with Gasteiger partial charge >= 0.3 is 0 Å². The summed E-state index contributed by atoms with van der Waals surface area (Å²) in [5.41, 5.74) is 2.18. The molecule has 0 aromatic carbocycles. The summed E-state index contributed by atoms with van der Waals surface area (Å²) in [6, 6.07) is 2.09. The van der Waals surface area contributed by atoms with Crippen LogP contribution in [0.3, 0.4) is 0 Å². The summed E-state index contributed by atoms with van der Waals surface area (Å²) in [4.78, 5) is 11.7. The Balaban J connectivity index is 2.03. The molecule has 2 heterocycles. The predicted octanol–water partition coefficient (Wildman–Crippen LogP) is 2.91. The summed E-state index contributed by atoms with van der Waals surface area (Å²) in [5.74, 6) is 1.59. The van der Waals surface area contributed by atoms with E-state index in [4.69, 9.17) is 4.98 Å². The van der Waals surface area contributed by atoms with Crippen molar-refractivity contribution in [1.82, 2.24) is 15.3 Å². The second kappa shape index (κ2) is 7.58. The zero-order chi connectivity index (χ0) is 14.4. The second-order valence-corrected chi connectivity index (χ2v) is 6.23. The standard InChI is InChI=1S/C16H28N4/c1-13(2)11-17-12-15-10-14(3)18-16(19-15)20-8-6-4-5-7-9-20/h10,13,17H,4-9,11-12H2,1-3H3. The van der Waals surface area contributed by atoms with E-state index >= 15 is 0 Å². The van der Waals surface area contributed by atoms with Crippen LogP contribution < -0.4 is 10.2 Å². The van der Waals surface area contributed by atoms with Crippen LogP contribution >= 0.6 is 0 Å². The van der Waals surface area contributed by atoms with Crippen LogP contribution in [0, 0.1) is 12.8 Å². The molecule has 1 aromatic heterocycles. The fraction of sp³-hybridized carbons (Fsp3) is 0.750. The van der Waals surface area contributed by atoms with Crippen molar-refractivity contribution in [3.05, 3.63) is 17.5 Å². The number of anilines is 1. The van der Waals surface area contributed by atoms with Crippen LogP contribution in [0.25, 0.3) is 0 Å². The van der Waals surface area contributed by atoms with E-state index in [0.29, 0.717) is 5.92 Å². The molecule has 1 fully saturated rings. The van der Waals surface area contributed by atoms with Crippen molar-refractivity contribution < 1.29 is 0 Å². The fourth-order valence-electron chi connectivity index (χ4n) is 2.61. The van der Waals surface area contributed by atoms with Gasteiger partial charge in [-0.1, -0.05) is 26.7 Å². The van der Waals surface area contributed by atoms with Gasteiger partial charge in [0, 0.05) is 25.3 Å². The van der Waals surface area contributed by atoms with Crippen LogP contribution in [0.4, 0.5) is 5.95 Å².